The monoisotopic (exact) mass is 228 g/mol. The van der Waals surface area contributed by atoms with Crippen LogP contribution >= 0.6 is 0 Å². The van der Waals surface area contributed by atoms with Crippen LogP contribution in [0, 0.1) is 11.8 Å². The highest BCUT2D eigenvalue weighted by Gasteiger charge is 2.27. The summed E-state index contributed by atoms with van der Waals surface area (Å²) < 4.78 is 4.73. The number of nitrogens with zero attached hydrogens (tertiary/aromatic N) is 1. The quantitative estimate of drug-likeness (QED) is 0.687. The van der Waals surface area contributed by atoms with Gasteiger partial charge in [0.2, 0.25) is 5.91 Å². The summed E-state index contributed by atoms with van der Waals surface area (Å²) in [5.41, 5.74) is 5.22. The van der Waals surface area contributed by atoms with Crippen LogP contribution < -0.4 is 5.73 Å². The van der Waals surface area contributed by atoms with Gasteiger partial charge in [-0.3, -0.25) is 9.59 Å². The second-order valence-electron chi connectivity index (χ2n) is 4.43. The topological polar surface area (TPSA) is 72.6 Å². The normalized spacial score (nSPS) is 23.8. The van der Waals surface area contributed by atoms with Gasteiger partial charge < -0.3 is 15.4 Å². The van der Waals surface area contributed by atoms with Crippen molar-refractivity contribution in [3.63, 3.8) is 0 Å². The van der Waals surface area contributed by atoms with Crippen molar-refractivity contribution < 1.29 is 14.3 Å². The van der Waals surface area contributed by atoms with Crippen LogP contribution in [-0.2, 0) is 14.3 Å². The summed E-state index contributed by atoms with van der Waals surface area (Å²) in [4.78, 5) is 24.5. The average Bonchev–Trinajstić information content (AvgIpc) is 2.28. The fraction of sp³-hybridized carbons (Fsp3) is 0.818. The number of nitrogens with two attached hydrogens (primary N) is 1. The van der Waals surface area contributed by atoms with Gasteiger partial charge in [0, 0.05) is 19.0 Å². The zero-order valence-corrected chi connectivity index (χ0v) is 9.94. The van der Waals surface area contributed by atoms with Gasteiger partial charge in [-0.05, 0) is 19.4 Å². The number of likely N-dealkylation sites (tertiary alicyclic amines) is 1. The summed E-state index contributed by atoms with van der Waals surface area (Å²) >= 11 is 0. The molecule has 1 fully saturated rings. The van der Waals surface area contributed by atoms with Crippen LogP contribution in [0.5, 0.6) is 0 Å². The predicted molar refractivity (Wildman–Crippen MR) is 59.5 cm³/mol. The minimum absolute atomic E-state index is 0.0566. The second kappa shape index (κ2) is 5.84. The second-order valence-corrected chi connectivity index (χ2v) is 4.43. The molecule has 1 saturated heterocycles. The van der Waals surface area contributed by atoms with Gasteiger partial charge in [-0.15, -0.1) is 0 Å². The minimum atomic E-state index is -0.291. The van der Waals surface area contributed by atoms with E-state index in [1.54, 1.807) is 0 Å². The number of hydrogen-bond acceptors (Lipinski definition) is 4. The molecule has 0 radical (unpaired) electrons. The highest BCUT2D eigenvalue weighted by atomic mass is 16.5. The van der Waals surface area contributed by atoms with Crippen molar-refractivity contribution in [1.82, 2.24) is 4.90 Å². The third kappa shape index (κ3) is 3.48. The van der Waals surface area contributed by atoms with Crippen molar-refractivity contribution in [2.75, 3.05) is 26.7 Å². The van der Waals surface area contributed by atoms with Gasteiger partial charge in [0.25, 0.3) is 0 Å². The molecule has 0 aromatic heterocycles. The highest BCUT2D eigenvalue weighted by Crippen LogP contribution is 2.18. The first-order valence-electron chi connectivity index (χ1n) is 5.64. The number of carbonyl (C=O) groups excluding carboxylic acids is 2. The number of esters is 1. The fourth-order valence-corrected chi connectivity index (χ4v) is 2.06. The molecular weight excluding hydrogens is 208 g/mol. The van der Waals surface area contributed by atoms with Gasteiger partial charge in [-0.25, -0.2) is 0 Å². The van der Waals surface area contributed by atoms with Gasteiger partial charge in [-0.1, -0.05) is 6.92 Å². The lowest BCUT2D eigenvalue weighted by Crippen LogP contribution is -2.43. The molecule has 2 atom stereocenters. The Kier molecular flexibility index (Phi) is 4.73. The number of methoxy groups -OCH3 is 1. The van der Waals surface area contributed by atoms with E-state index in [4.69, 9.17) is 10.5 Å². The van der Waals surface area contributed by atoms with Crippen molar-refractivity contribution in [2.45, 2.75) is 19.8 Å². The maximum Gasteiger partial charge on any atom is 0.309 e. The lowest BCUT2D eigenvalue weighted by Gasteiger charge is -2.32. The van der Waals surface area contributed by atoms with E-state index in [0.29, 0.717) is 13.1 Å². The van der Waals surface area contributed by atoms with Crippen LogP contribution in [0.2, 0.25) is 0 Å². The molecular formula is C11H20N2O3. The van der Waals surface area contributed by atoms with Gasteiger partial charge in [0.15, 0.2) is 0 Å². The molecule has 0 aromatic carbocycles. The highest BCUT2D eigenvalue weighted by molar-refractivity contribution is 5.76. The number of hydrogen-bond donors (Lipinski definition) is 1. The van der Waals surface area contributed by atoms with E-state index in [1.165, 1.54) is 7.11 Å². The van der Waals surface area contributed by atoms with Crippen LogP contribution in [0.4, 0.5) is 0 Å². The lowest BCUT2D eigenvalue weighted by molar-refractivity contribution is -0.147. The smallest absolute Gasteiger partial charge is 0.309 e. The summed E-state index contributed by atoms with van der Waals surface area (Å²) in [6.45, 7) is 4.03. The Hall–Kier alpha value is -1.10. The first kappa shape index (κ1) is 13.0. The van der Waals surface area contributed by atoms with Crippen LogP contribution in [-0.4, -0.2) is 43.5 Å². The van der Waals surface area contributed by atoms with Crippen LogP contribution in [0.25, 0.3) is 0 Å². The molecule has 92 valence electrons. The summed E-state index contributed by atoms with van der Waals surface area (Å²) in [5, 5.41) is 0. The molecule has 1 aliphatic heterocycles. The van der Waals surface area contributed by atoms with Crippen molar-refractivity contribution in [3.05, 3.63) is 0 Å². The van der Waals surface area contributed by atoms with Gasteiger partial charge in [-0.2, -0.15) is 0 Å². The van der Waals surface area contributed by atoms with Crippen molar-refractivity contribution in [3.8, 4) is 0 Å². The number of amides is 1. The molecule has 0 bridgehead atoms. The number of piperidine rings is 1. The largest absolute Gasteiger partial charge is 0.469 e. The fourth-order valence-electron chi connectivity index (χ4n) is 2.06. The van der Waals surface area contributed by atoms with Crippen molar-refractivity contribution >= 4 is 11.9 Å². The standard InChI is InChI=1S/C11H20N2O3/c1-8(10(12)14)6-13-5-3-4-9(7-13)11(15)16-2/h8-9H,3-7H2,1-2H3,(H2,12,14). The lowest BCUT2D eigenvalue weighted by atomic mass is 9.97. The third-order valence-electron chi connectivity index (χ3n) is 3.06. The van der Waals surface area contributed by atoms with Crippen LogP contribution in [0.15, 0.2) is 0 Å². The number of primary amides is 1. The summed E-state index contributed by atoms with van der Waals surface area (Å²) in [5.74, 6) is -0.674. The molecule has 5 heteroatoms. The predicted octanol–water partition coefficient (Wildman–Crippen LogP) is -0.00720. The summed E-state index contributed by atoms with van der Waals surface area (Å²) in [7, 11) is 1.41. The van der Waals surface area contributed by atoms with Gasteiger partial charge >= 0.3 is 5.97 Å². The van der Waals surface area contributed by atoms with Crippen LogP contribution in [0.3, 0.4) is 0 Å². The van der Waals surface area contributed by atoms with E-state index in [1.807, 2.05) is 6.92 Å². The van der Waals surface area contributed by atoms with Gasteiger partial charge in [0.05, 0.1) is 13.0 Å². The third-order valence-corrected chi connectivity index (χ3v) is 3.06. The molecule has 0 spiro atoms. The molecule has 5 nitrogen and oxygen atoms in total. The minimum Gasteiger partial charge on any atom is -0.469 e. The van der Waals surface area contributed by atoms with E-state index in [2.05, 4.69) is 4.90 Å². The molecule has 16 heavy (non-hydrogen) atoms. The first-order chi connectivity index (χ1) is 7.54. The SMILES string of the molecule is COC(=O)C1CCCN(CC(C)C(N)=O)C1. The Morgan fingerprint density at radius 3 is 2.81 bits per heavy atom. The van der Waals surface area contributed by atoms with Crippen molar-refractivity contribution in [1.29, 1.82) is 0 Å². The molecule has 1 aliphatic rings. The van der Waals surface area contributed by atoms with E-state index in [9.17, 15) is 9.59 Å². The molecule has 0 saturated carbocycles. The van der Waals surface area contributed by atoms with E-state index in [-0.39, 0.29) is 23.7 Å². The molecule has 2 N–H and O–H groups in total. The Morgan fingerprint density at radius 1 is 1.56 bits per heavy atom. The number of carbonyl (C=O) groups is 2. The maximum atomic E-state index is 11.4. The van der Waals surface area contributed by atoms with E-state index < -0.39 is 0 Å². The Balaban J connectivity index is 2.44. The maximum absolute atomic E-state index is 11.4. The van der Waals surface area contributed by atoms with E-state index >= 15 is 0 Å². The number of ether oxygens (including phenoxy) is 1. The van der Waals surface area contributed by atoms with E-state index in [0.717, 1.165) is 19.4 Å². The number of rotatable bonds is 4. The Bertz CT molecular complexity index is 268. The Morgan fingerprint density at radius 2 is 2.25 bits per heavy atom. The molecule has 0 aromatic rings. The first-order valence-corrected chi connectivity index (χ1v) is 5.64. The molecule has 2 unspecified atom stereocenters. The van der Waals surface area contributed by atoms with Crippen LogP contribution in [0.1, 0.15) is 19.8 Å². The van der Waals surface area contributed by atoms with Gasteiger partial charge in [0.1, 0.15) is 0 Å². The van der Waals surface area contributed by atoms with Crippen molar-refractivity contribution in [2.24, 2.45) is 17.6 Å². The Labute approximate surface area is 95.9 Å². The molecule has 1 rings (SSSR count). The molecule has 0 aliphatic carbocycles. The summed E-state index contributed by atoms with van der Waals surface area (Å²) in [6, 6.07) is 0. The summed E-state index contributed by atoms with van der Waals surface area (Å²) in [6.07, 6.45) is 1.83. The zero-order chi connectivity index (χ0) is 12.1. The zero-order valence-electron chi connectivity index (χ0n) is 9.94. The molecule has 1 amide bonds. The molecule has 1 heterocycles. The average molecular weight is 228 g/mol.